The minimum absolute atomic E-state index is 0.541. The summed E-state index contributed by atoms with van der Waals surface area (Å²) < 4.78 is 2.95. The molecule has 0 atom stereocenters. The van der Waals surface area contributed by atoms with Crippen LogP contribution in [0.25, 0.3) is 0 Å². The van der Waals surface area contributed by atoms with E-state index < -0.39 is 0 Å². The van der Waals surface area contributed by atoms with Gasteiger partial charge in [-0.2, -0.15) is 0 Å². The van der Waals surface area contributed by atoms with E-state index in [1.807, 2.05) is 22.9 Å². The molecule has 0 aliphatic carbocycles. The van der Waals surface area contributed by atoms with Crippen molar-refractivity contribution in [2.45, 2.75) is 26.3 Å². The lowest BCUT2D eigenvalue weighted by Crippen LogP contribution is -2.07. The molecule has 0 aliphatic heterocycles. The van der Waals surface area contributed by atoms with Crippen LogP contribution in [-0.4, -0.2) is 15.0 Å². The Kier molecular flexibility index (Phi) is 3.78. The zero-order valence-corrected chi connectivity index (χ0v) is 11.3. The highest BCUT2D eigenvalue weighted by atomic mass is 79.9. The summed E-state index contributed by atoms with van der Waals surface area (Å²) >= 11 is 3.53. The van der Waals surface area contributed by atoms with Gasteiger partial charge in [0.25, 0.3) is 0 Å². The summed E-state index contributed by atoms with van der Waals surface area (Å²) in [6, 6.07) is 8.10. The highest BCUT2D eigenvalue weighted by Crippen LogP contribution is 2.19. The molecule has 0 amide bonds. The van der Waals surface area contributed by atoms with E-state index in [9.17, 15) is 0 Å². The van der Waals surface area contributed by atoms with Crippen molar-refractivity contribution in [3.05, 3.63) is 40.0 Å². The maximum atomic E-state index is 5.81. The number of aromatic nitrogens is 3. The molecule has 1 heterocycles. The van der Waals surface area contributed by atoms with E-state index in [2.05, 4.69) is 39.2 Å². The fourth-order valence-electron chi connectivity index (χ4n) is 1.76. The van der Waals surface area contributed by atoms with Crippen LogP contribution in [0.3, 0.4) is 0 Å². The monoisotopic (exact) mass is 294 g/mol. The van der Waals surface area contributed by atoms with E-state index in [1.54, 1.807) is 0 Å². The number of nitrogens with two attached hydrogens (primary N) is 1. The van der Waals surface area contributed by atoms with Crippen LogP contribution < -0.4 is 5.73 Å². The Hall–Kier alpha value is -1.36. The van der Waals surface area contributed by atoms with Gasteiger partial charge in [-0.1, -0.05) is 52.7 Å². The molecule has 2 N–H and O–H groups in total. The summed E-state index contributed by atoms with van der Waals surface area (Å²) in [5.74, 6) is 0.541. The van der Waals surface area contributed by atoms with Crippen LogP contribution in [0, 0.1) is 0 Å². The maximum absolute atomic E-state index is 5.81. The number of nitrogens with zero attached hydrogens (tertiary/aromatic N) is 3. The number of benzene rings is 1. The summed E-state index contributed by atoms with van der Waals surface area (Å²) in [7, 11) is 0. The standard InChI is InChI=1S/C12H15BrN4/c1-2-5-11-12(14)15-16-17(11)8-9-6-3-4-7-10(9)13/h3-4,6-7H,2,5,8,14H2,1H3. The fourth-order valence-corrected chi connectivity index (χ4v) is 2.17. The number of hydrogen-bond acceptors (Lipinski definition) is 3. The van der Waals surface area contributed by atoms with Gasteiger partial charge < -0.3 is 5.73 Å². The molecule has 1 aromatic carbocycles. The summed E-state index contributed by atoms with van der Waals surface area (Å²) in [4.78, 5) is 0. The first-order chi connectivity index (χ1) is 8.22. The van der Waals surface area contributed by atoms with E-state index in [1.165, 1.54) is 5.56 Å². The molecular weight excluding hydrogens is 280 g/mol. The summed E-state index contributed by atoms with van der Waals surface area (Å²) in [6.07, 6.45) is 1.94. The Bertz CT molecular complexity index is 507. The number of rotatable bonds is 4. The van der Waals surface area contributed by atoms with Crippen LogP contribution >= 0.6 is 15.9 Å². The molecule has 1 aromatic heterocycles. The molecule has 17 heavy (non-hydrogen) atoms. The maximum Gasteiger partial charge on any atom is 0.169 e. The summed E-state index contributed by atoms with van der Waals surface area (Å²) in [5, 5.41) is 8.03. The largest absolute Gasteiger partial charge is 0.381 e. The predicted octanol–water partition coefficient (Wildman–Crippen LogP) is 2.62. The minimum Gasteiger partial charge on any atom is -0.381 e. The van der Waals surface area contributed by atoms with Gasteiger partial charge in [0, 0.05) is 4.47 Å². The molecular formula is C12H15BrN4. The normalized spacial score (nSPS) is 10.7. The summed E-state index contributed by atoms with van der Waals surface area (Å²) in [6.45, 7) is 2.82. The molecule has 90 valence electrons. The van der Waals surface area contributed by atoms with Gasteiger partial charge in [-0.25, -0.2) is 4.68 Å². The highest BCUT2D eigenvalue weighted by Gasteiger charge is 2.10. The third-order valence-corrected chi connectivity index (χ3v) is 3.41. The van der Waals surface area contributed by atoms with Crippen LogP contribution in [0.4, 0.5) is 5.82 Å². The second-order valence-corrected chi connectivity index (χ2v) is 4.77. The molecule has 4 nitrogen and oxygen atoms in total. The van der Waals surface area contributed by atoms with Crippen LogP contribution in [-0.2, 0) is 13.0 Å². The van der Waals surface area contributed by atoms with Crippen molar-refractivity contribution in [1.82, 2.24) is 15.0 Å². The lowest BCUT2D eigenvalue weighted by atomic mass is 10.2. The van der Waals surface area contributed by atoms with Gasteiger partial charge in [-0.3, -0.25) is 0 Å². The molecule has 2 aromatic rings. The number of nitrogen functional groups attached to an aromatic ring is 1. The van der Waals surface area contributed by atoms with Gasteiger partial charge in [-0.05, 0) is 18.1 Å². The Morgan fingerprint density at radius 1 is 1.35 bits per heavy atom. The molecule has 0 bridgehead atoms. The van der Waals surface area contributed by atoms with Crippen LogP contribution in [0.15, 0.2) is 28.7 Å². The van der Waals surface area contributed by atoms with Crippen molar-refractivity contribution in [3.63, 3.8) is 0 Å². The highest BCUT2D eigenvalue weighted by molar-refractivity contribution is 9.10. The van der Waals surface area contributed by atoms with Crippen molar-refractivity contribution in [2.24, 2.45) is 0 Å². The first-order valence-corrected chi connectivity index (χ1v) is 6.43. The average molecular weight is 295 g/mol. The molecule has 0 aliphatic rings. The number of anilines is 1. The fraction of sp³-hybridized carbons (Fsp3) is 0.333. The van der Waals surface area contributed by atoms with Crippen molar-refractivity contribution < 1.29 is 0 Å². The molecule has 0 saturated carbocycles. The van der Waals surface area contributed by atoms with Gasteiger partial charge in [0.1, 0.15) is 0 Å². The topological polar surface area (TPSA) is 56.7 Å². The first-order valence-electron chi connectivity index (χ1n) is 5.63. The molecule has 0 fully saturated rings. The van der Waals surface area contributed by atoms with Crippen molar-refractivity contribution in [1.29, 1.82) is 0 Å². The molecule has 0 radical (unpaired) electrons. The summed E-state index contributed by atoms with van der Waals surface area (Å²) in [5.41, 5.74) is 8.01. The third kappa shape index (κ3) is 2.66. The van der Waals surface area contributed by atoms with Crippen LogP contribution in [0.5, 0.6) is 0 Å². The van der Waals surface area contributed by atoms with E-state index in [-0.39, 0.29) is 0 Å². The SMILES string of the molecule is CCCc1c(N)nnn1Cc1ccccc1Br. The Morgan fingerprint density at radius 3 is 2.82 bits per heavy atom. The zero-order valence-electron chi connectivity index (χ0n) is 9.73. The van der Waals surface area contributed by atoms with Crippen molar-refractivity contribution >= 4 is 21.7 Å². The number of hydrogen-bond donors (Lipinski definition) is 1. The molecule has 0 saturated heterocycles. The van der Waals surface area contributed by atoms with Gasteiger partial charge >= 0.3 is 0 Å². The Labute approximate surface area is 109 Å². The second-order valence-electron chi connectivity index (χ2n) is 3.92. The Balaban J connectivity index is 2.27. The average Bonchev–Trinajstić information content (AvgIpc) is 2.65. The third-order valence-electron chi connectivity index (χ3n) is 2.63. The second kappa shape index (κ2) is 5.31. The molecule has 0 spiro atoms. The number of halogens is 1. The van der Waals surface area contributed by atoms with Crippen molar-refractivity contribution in [3.8, 4) is 0 Å². The Morgan fingerprint density at radius 2 is 2.12 bits per heavy atom. The zero-order chi connectivity index (χ0) is 12.3. The van der Waals surface area contributed by atoms with Crippen LogP contribution in [0.2, 0.25) is 0 Å². The van der Waals surface area contributed by atoms with Crippen molar-refractivity contribution in [2.75, 3.05) is 5.73 Å². The quantitative estimate of drug-likeness (QED) is 0.943. The lowest BCUT2D eigenvalue weighted by molar-refractivity contribution is 0.612. The molecule has 5 heteroatoms. The van der Waals surface area contributed by atoms with E-state index in [4.69, 9.17) is 5.73 Å². The van der Waals surface area contributed by atoms with E-state index in [0.717, 1.165) is 23.0 Å². The molecule has 2 rings (SSSR count). The van der Waals surface area contributed by atoms with E-state index in [0.29, 0.717) is 12.4 Å². The van der Waals surface area contributed by atoms with E-state index >= 15 is 0 Å². The molecule has 0 unspecified atom stereocenters. The lowest BCUT2D eigenvalue weighted by Gasteiger charge is -2.07. The first kappa shape index (κ1) is 12.1. The predicted molar refractivity (Wildman–Crippen MR) is 71.7 cm³/mol. The van der Waals surface area contributed by atoms with Gasteiger partial charge in [0.05, 0.1) is 12.2 Å². The van der Waals surface area contributed by atoms with Gasteiger partial charge in [0.2, 0.25) is 0 Å². The van der Waals surface area contributed by atoms with Gasteiger partial charge in [-0.15, -0.1) is 5.10 Å². The smallest absolute Gasteiger partial charge is 0.169 e. The van der Waals surface area contributed by atoms with Crippen LogP contribution in [0.1, 0.15) is 24.6 Å². The van der Waals surface area contributed by atoms with Gasteiger partial charge in [0.15, 0.2) is 5.82 Å². The minimum atomic E-state index is 0.541.